The van der Waals surface area contributed by atoms with Gasteiger partial charge in [-0.05, 0) is 24.3 Å². The molecule has 0 aromatic heterocycles. The number of carbonyl (C=O) groups excluding carboxylic acids is 1. The van der Waals surface area contributed by atoms with Crippen LogP contribution in [0.2, 0.25) is 0 Å². The van der Waals surface area contributed by atoms with Gasteiger partial charge >= 0.3 is 5.97 Å². The molecule has 0 heterocycles. The average molecular weight is 285 g/mol. The maximum absolute atomic E-state index is 13.4. The zero-order chi connectivity index (χ0) is 15.2. The van der Waals surface area contributed by atoms with Crippen molar-refractivity contribution in [2.24, 2.45) is 0 Å². The standard InChI is InChI=1S/C16H12FNO3/c17-13-7-3-1-5-11(13)9-10-15(19)18-14-8-4-2-6-12(14)16(20)21/h1-10H,(H,18,19)(H,20,21)/b10-9+. The van der Waals surface area contributed by atoms with Crippen molar-refractivity contribution in [1.82, 2.24) is 0 Å². The fourth-order valence-corrected chi connectivity index (χ4v) is 1.73. The molecule has 0 aliphatic heterocycles. The average Bonchev–Trinajstić information content (AvgIpc) is 2.47. The van der Waals surface area contributed by atoms with Gasteiger partial charge in [0.15, 0.2) is 0 Å². The third-order valence-electron chi connectivity index (χ3n) is 2.73. The van der Waals surface area contributed by atoms with Gasteiger partial charge in [0.1, 0.15) is 5.82 Å². The minimum absolute atomic E-state index is 0.00913. The second kappa shape index (κ2) is 6.47. The molecule has 4 nitrogen and oxygen atoms in total. The molecule has 21 heavy (non-hydrogen) atoms. The minimum Gasteiger partial charge on any atom is -0.478 e. The zero-order valence-corrected chi connectivity index (χ0v) is 10.9. The normalized spacial score (nSPS) is 10.5. The molecule has 0 fully saturated rings. The van der Waals surface area contributed by atoms with Crippen LogP contribution >= 0.6 is 0 Å². The van der Waals surface area contributed by atoms with Crippen molar-refractivity contribution >= 4 is 23.6 Å². The van der Waals surface area contributed by atoms with E-state index in [0.29, 0.717) is 0 Å². The van der Waals surface area contributed by atoms with Crippen LogP contribution in [0, 0.1) is 5.82 Å². The lowest BCUT2D eigenvalue weighted by molar-refractivity contribution is -0.111. The van der Waals surface area contributed by atoms with E-state index in [0.717, 1.165) is 6.08 Å². The summed E-state index contributed by atoms with van der Waals surface area (Å²) in [5, 5.41) is 11.5. The smallest absolute Gasteiger partial charge is 0.337 e. The summed E-state index contributed by atoms with van der Waals surface area (Å²) in [5.41, 5.74) is 0.456. The summed E-state index contributed by atoms with van der Waals surface area (Å²) in [6.45, 7) is 0. The molecule has 0 spiro atoms. The number of carboxylic acids is 1. The number of halogens is 1. The number of hydrogen-bond acceptors (Lipinski definition) is 2. The Labute approximate surface area is 120 Å². The summed E-state index contributed by atoms with van der Waals surface area (Å²) < 4.78 is 13.4. The monoisotopic (exact) mass is 285 g/mol. The summed E-state index contributed by atoms with van der Waals surface area (Å²) in [5.74, 6) is -2.11. The molecule has 2 aromatic rings. The summed E-state index contributed by atoms with van der Waals surface area (Å²) in [7, 11) is 0. The van der Waals surface area contributed by atoms with Crippen LogP contribution in [0.3, 0.4) is 0 Å². The Balaban J connectivity index is 2.13. The maximum Gasteiger partial charge on any atom is 0.337 e. The van der Waals surface area contributed by atoms with Gasteiger partial charge in [0.25, 0.3) is 0 Å². The molecular weight excluding hydrogens is 273 g/mol. The van der Waals surface area contributed by atoms with Gasteiger partial charge in [-0.3, -0.25) is 4.79 Å². The Morgan fingerprint density at radius 1 is 1.05 bits per heavy atom. The highest BCUT2D eigenvalue weighted by atomic mass is 19.1. The Bertz CT molecular complexity index is 710. The predicted octanol–water partition coefficient (Wildman–Crippen LogP) is 3.18. The third kappa shape index (κ3) is 3.76. The van der Waals surface area contributed by atoms with Gasteiger partial charge in [0, 0.05) is 11.6 Å². The van der Waals surface area contributed by atoms with Crippen LogP contribution in [0.15, 0.2) is 54.6 Å². The molecule has 0 radical (unpaired) electrons. The van der Waals surface area contributed by atoms with Crippen molar-refractivity contribution in [2.45, 2.75) is 0 Å². The lowest BCUT2D eigenvalue weighted by Crippen LogP contribution is -2.11. The Kier molecular flexibility index (Phi) is 4.46. The molecule has 0 atom stereocenters. The number of anilines is 1. The molecule has 0 aliphatic carbocycles. The Morgan fingerprint density at radius 3 is 2.43 bits per heavy atom. The molecule has 2 aromatic carbocycles. The second-order valence-electron chi connectivity index (χ2n) is 4.19. The minimum atomic E-state index is -1.14. The first kappa shape index (κ1) is 14.5. The van der Waals surface area contributed by atoms with Crippen molar-refractivity contribution in [3.8, 4) is 0 Å². The molecule has 2 rings (SSSR count). The quantitative estimate of drug-likeness (QED) is 0.848. The molecule has 106 valence electrons. The lowest BCUT2D eigenvalue weighted by atomic mass is 10.1. The van der Waals surface area contributed by atoms with E-state index in [4.69, 9.17) is 5.11 Å². The van der Waals surface area contributed by atoms with Crippen molar-refractivity contribution in [3.63, 3.8) is 0 Å². The topological polar surface area (TPSA) is 66.4 Å². The first-order valence-electron chi connectivity index (χ1n) is 6.14. The van der Waals surface area contributed by atoms with Crippen molar-refractivity contribution < 1.29 is 19.1 Å². The summed E-state index contributed by atoms with van der Waals surface area (Å²) in [6.07, 6.45) is 2.48. The van der Waals surface area contributed by atoms with Gasteiger partial charge in [-0.2, -0.15) is 0 Å². The van der Waals surface area contributed by atoms with Crippen molar-refractivity contribution in [1.29, 1.82) is 0 Å². The summed E-state index contributed by atoms with van der Waals surface area (Å²) in [6, 6.07) is 12.1. The largest absolute Gasteiger partial charge is 0.478 e. The van der Waals surface area contributed by atoms with Crippen LogP contribution in [-0.2, 0) is 4.79 Å². The fourth-order valence-electron chi connectivity index (χ4n) is 1.73. The number of para-hydroxylation sites is 1. The molecular formula is C16H12FNO3. The number of carbonyl (C=O) groups is 2. The highest BCUT2D eigenvalue weighted by Gasteiger charge is 2.10. The van der Waals surface area contributed by atoms with Crippen LogP contribution in [0.4, 0.5) is 10.1 Å². The van der Waals surface area contributed by atoms with Crippen LogP contribution in [0.1, 0.15) is 15.9 Å². The van der Waals surface area contributed by atoms with Gasteiger partial charge in [-0.1, -0.05) is 30.3 Å². The molecule has 0 saturated carbocycles. The number of benzene rings is 2. The van der Waals surface area contributed by atoms with E-state index < -0.39 is 17.7 Å². The van der Waals surface area contributed by atoms with Crippen LogP contribution in [0.5, 0.6) is 0 Å². The Morgan fingerprint density at radius 2 is 1.71 bits per heavy atom. The number of carboxylic acid groups (broad SMARTS) is 1. The number of rotatable bonds is 4. The van der Waals surface area contributed by atoms with Crippen LogP contribution in [0.25, 0.3) is 6.08 Å². The van der Waals surface area contributed by atoms with Gasteiger partial charge < -0.3 is 10.4 Å². The summed E-state index contributed by atoms with van der Waals surface area (Å²) in [4.78, 5) is 22.8. The molecule has 5 heteroatoms. The van der Waals surface area contributed by atoms with Gasteiger partial charge in [-0.25, -0.2) is 9.18 Å². The number of nitrogens with one attached hydrogen (secondary N) is 1. The molecule has 1 amide bonds. The molecule has 0 unspecified atom stereocenters. The molecule has 2 N–H and O–H groups in total. The molecule has 0 bridgehead atoms. The number of aromatic carboxylic acids is 1. The molecule has 0 aliphatic rings. The second-order valence-corrected chi connectivity index (χ2v) is 4.19. The zero-order valence-electron chi connectivity index (χ0n) is 10.9. The first-order valence-corrected chi connectivity index (χ1v) is 6.14. The van der Waals surface area contributed by atoms with E-state index in [9.17, 15) is 14.0 Å². The van der Waals surface area contributed by atoms with E-state index in [1.165, 1.54) is 30.3 Å². The number of hydrogen-bond donors (Lipinski definition) is 2. The van der Waals surface area contributed by atoms with Crippen LogP contribution < -0.4 is 5.32 Å². The predicted molar refractivity (Wildman–Crippen MR) is 77.5 cm³/mol. The van der Waals surface area contributed by atoms with Gasteiger partial charge in [-0.15, -0.1) is 0 Å². The van der Waals surface area contributed by atoms with Crippen LogP contribution in [-0.4, -0.2) is 17.0 Å². The number of amides is 1. The highest BCUT2D eigenvalue weighted by Crippen LogP contribution is 2.15. The molecule has 0 saturated heterocycles. The van der Waals surface area contributed by atoms with E-state index >= 15 is 0 Å². The highest BCUT2D eigenvalue weighted by molar-refractivity contribution is 6.06. The van der Waals surface area contributed by atoms with Gasteiger partial charge in [0.2, 0.25) is 5.91 Å². The van der Waals surface area contributed by atoms with Crippen molar-refractivity contribution in [3.05, 3.63) is 71.6 Å². The fraction of sp³-hybridized carbons (Fsp3) is 0. The Hall–Kier alpha value is -2.95. The van der Waals surface area contributed by atoms with E-state index in [1.54, 1.807) is 24.3 Å². The first-order chi connectivity index (χ1) is 10.1. The van der Waals surface area contributed by atoms with E-state index in [1.807, 2.05) is 0 Å². The maximum atomic E-state index is 13.4. The van der Waals surface area contributed by atoms with E-state index in [-0.39, 0.29) is 16.8 Å². The van der Waals surface area contributed by atoms with E-state index in [2.05, 4.69) is 5.32 Å². The van der Waals surface area contributed by atoms with Gasteiger partial charge in [0.05, 0.1) is 11.3 Å². The summed E-state index contributed by atoms with van der Waals surface area (Å²) >= 11 is 0. The SMILES string of the molecule is O=C(/C=C/c1ccccc1F)Nc1ccccc1C(=O)O. The van der Waals surface area contributed by atoms with Crippen molar-refractivity contribution in [2.75, 3.05) is 5.32 Å². The third-order valence-corrected chi connectivity index (χ3v) is 2.73. The lowest BCUT2D eigenvalue weighted by Gasteiger charge is -2.05.